The zero-order chi connectivity index (χ0) is 43.8. The molecule has 57 heavy (non-hydrogen) atoms. The topological polar surface area (TPSA) is 253 Å². The number of anilines is 1. The fourth-order valence-electron chi connectivity index (χ4n) is 3.32. The van der Waals surface area contributed by atoms with Crippen LogP contribution in [-0.4, -0.2) is 66.5 Å². The summed E-state index contributed by atoms with van der Waals surface area (Å²) in [7, 11) is 0. The van der Waals surface area contributed by atoms with E-state index in [9.17, 15) is 19.2 Å². The van der Waals surface area contributed by atoms with Crippen molar-refractivity contribution < 1.29 is 49.7 Å². The summed E-state index contributed by atoms with van der Waals surface area (Å²) < 4.78 is 38.6. The van der Waals surface area contributed by atoms with Crippen molar-refractivity contribution in [1.29, 1.82) is 0 Å². The van der Waals surface area contributed by atoms with Gasteiger partial charge in [0, 0.05) is 6.07 Å². The number of hydrogen-bond acceptors (Lipinski definition) is 16. The molecule has 0 spiro atoms. The van der Waals surface area contributed by atoms with Gasteiger partial charge in [0.25, 0.3) is 0 Å². The quantitative estimate of drug-likeness (QED) is 0.0180. The van der Waals surface area contributed by atoms with E-state index in [1.807, 2.05) is 12.1 Å². The van der Waals surface area contributed by atoms with Crippen LogP contribution in [0.25, 0.3) is 22.2 Å². The summed E-state index contributed by atoms with van der Waals surface area (Å²) in [6, 6.07) is 18.9. The number of oxazole rings is 2. The molecule has 1 atom stereocenters. The third-order valence-corrected chi connectivity index (χ3v) is 7.72. The number of hydrogen-bond donors (Lipinski definition) is 4. The first-order valence-corrected chi connectivity index (χ1v) is 20.4. The van der Waals surface area contributed by atoms with Crippen LogP contribution in [0.4, 0.5) is 15.3 Å². The summed E-state index contributed by atoms with van der Waals surface area (Å²) >= 11 is 34.3. The van der Waals surface area contributed by atoms with Gasteiger partial charge in [-0.15, -0.1) is 0 Å². The molecule has 0 amide bonds. The number of H-pyrrole nitrogens is 2. The van der Waals surface area contributed by atoms with Crippen LogP contribution in [0.15, 0.2) is 90.0 Å². The Labute approximate surface area is 379 Å². The molecule has 0 saturated carbocycles. The van der Waals surface area contributed by atoms with Crippen LogP contribution >= 0.6 is 116 Å². The highest BCUT2D eigenvalue weighted by atomic mass is 127. The Morgan fingerprint density at radius 2 is 1.32 bits per heavy atom. The highest BCUT2D eigenvalue weighted by Crippen LogP contribution is 2.32. The van der Waals surface area contributed by atoms with Gasteiger partial charge in [0.05, 0.1) is 68.1 Å². The molecular formula is C30H31Cl7IN4O13S2-. The van der Waals surface area contributed by atoms with E-state index in [0.717, 1.165) is 17.6 Å². The fourth-order valence-corrected chi connectivity index (χ4v) is 4.41. The highest BCUT2D eigenvalue weighted by Gasteiger charge is 2.32. The monoisotopic (exact) mass is 1090 g/mol. The van der Waals surface area contributed by atoms with Crippen LogP contribution in [0.3, 0.4) is 0 Å². The van der Waals surface area contributed by atoms with E-state index in [-0.39, 0.29) is 5.75 Å². The lowest BCUT2D eigenvalue weighted by Gasteiger charge is -2.15. The molecule has 318 valence electrons. The van der Waals surface area contributed by atoms with Gasteiger partial charge in [0.1, 0.15) is 17.1 Å². The standard InChI is InChI=1S/C8H4INO4S.C7H5NO2.C6H7NO.C6H15N.C3Cl6O3.ClHO3S/c9-7(11)14-15-4-1-2-5-6(3-4)13-8(12)10-5;9-7-8-5-3-1-2-4-6(5)10-7;7-5-3-1-2-4-6(5)8;1-4-7(5-2)6-3;4-2(5,6)11-1(10)12-3(7,8)9;1-4-5(2)3/h1-3H,(H,10,12);1-4H,(H,8,9);1-4,8H,7H2;4-6H2,1-3H3;;(H,2,3)/p-1. The number of aromatic nitrogens is 2. The maximum absolute atomic E-state index is 10.9. The Bertz CT molecular complexity index is 1990. The molecule has 0 bridgehead atoms. The Balaban J connectivity index is 0.000000683. The second-order valence-corrected chi connectivity index (χ2v) is 16.3. The normalized spacial score (nSPS) is 11.0. The van der Waals surface area contributed by atoms with Crippen LogP contribution in [0.1, 0.15) is 20.8 Å². The maximum atomic E-state index is 10.9. The third kappa shape index (κ3) is 27.9. The van der Waals surface area contributed by atoms with Gasteiger partial charge in [-0.25, -0.2) is 23.4 Å². The Kier molecular flexibility index (Phi) is 27.8. The van der Waals surface area contributed by atoms with Gasteiger partial charge in [0.2, 0.25) is 0 Å². The number of para-hydroxylation sites is 4. The number of carbonyl (C=O) groups is 2. The smallest absolute Gasteiger partial charge is 0.515 e. The number of nitrogens with two attached hydrogens (primary N) is 1. The molecule has 5 rings (SSSR count). The van der Waals surface area contributed by atoms with Gasteiger partial charge in [-0.1, -0.05) is 45.0 Å². The van der Waals surface area contributed by atoms with Crippen molar-refractivity contribution in [2.45, 2.75) is 33.6 Å². The molecule has 0 aliphatic heterocycles. The number of halogens is 8. The number of ether oxygens (including phenoxy) is 2. The number of nitrogen functional groups attached to an aromatic ring is 1. The molecule has 0 fully saturated rings. The molecule has 0 saturated heterocycles. The Morgan fingerprint density at radius 1 is 0.860 bits per heavy atom. The molecule has 2 heterocycles. The number of alkyl halides is 6. The van der Waals surface area contributed by atoms with Gasteiger partial charge in [-0.05, 0) is 126 Å². The summed E-state index contributed by atoms with van der Waals surface area (Å²) in [5.74, 6) is -0.758. The third-order valence-electron chi connectivity index (χ3n) is 5.65. The number of aromatic amines is 2. The summed E-state index contributed by atoms with van der Waals surface area (Å²) in [4.78, 5) is 50.6. The molecule has 0 aliphatic carbocycles. The zero-order valence-corrected chi connectivity index (χ0v) is 38.3. The molecule has 2 aromatic heterocycles. The van der Waals surface area contributed by atoms with Crippen molar-refractivity contribution in [2.75, 3.05) is 25.4 Å². The predicted octanol–water partition coefficient (Wildman–Crippen LogP) is 9.89. The molecule has 1 unspecified atom stereocenters. The van der Waals surface area contributed by atoms with Crippen molar-refractivity contribution >= 4 is 165 Å². The molecule has 17 nitrogen and oxygen atoms in total. The van der Waals surface area contributed by atoms with Crippen LogP contribution in [-0.2, 0) is 28.8 Å². The average molecular weight is 1090 g/mol. The number of rotatable bonds is 6. The first-order chi connectivity index (χ1) is 26.5. The average Bonchev–Trinajstić information content (AvgIpc) is 3.69. The molecule has 5 N–H and O–H groups in total. The number of carbonyl (C=O) groups excluding carboxylic acids is 2. The first kappa shape index (κ1) is 54.7. The minimum absolute atomic E-state index is 0.146. The van der Waals surface area contributed by atoms with Crippen molar-refractivity contribution in [3.63, 3.8) is 0 Å². The fraction of sp³-hybridized carbons (Fsp3) is 0.267. The summed E-state index contributed by atoms with van der Waals surface area (Å²) in [6.45, 7) is 10.1. The molecule has 0 radical (unpaired) electrons. The van der Waals surface area contributed by atoms with Crippen LogP contribution < -0.4 is 17.2 Å². The van der Waals surface area contributed by atoms with Crippen molar-refractivity contribution in [3.05, 3.63) is 87.8 Å². The highest BCUT2D eigenvalue weighted by molar-refractivity contribution is 14.1. The van der Waals surface area contributed by atoms with Crippen LogP contribution in [0.2, 0.25) is 0 Å². The van der Waals surface area contributed by atoms with Crippen molar-refractivity contribution in [1.82, 2.24) is 14.9 Å². The number of phenolic OH excluding ortho intramolecular Hbond substituents is 1. The molecule has 5 aromatic rings. The SMILES string of the molecule is CCN(CC)CC.Nc1ccccc1O.O=C(I)OSc1ccc2[nH]c(=O)oc2c1.O=C(OC(Cl)(Cl)Cl)OC(Cl)(Cl)Cl.O=S([O-])OCl.O=c1[nH]c2ccccc2o1. The number of phenols is 1. The van der Waals surface area contributed by atoms with Gasteiger partial charge in [-0.2, -0.15) is 3.74 Å². The molecule has 0 aliphatic rings. The van der Waals surface area contributed by atoms with Gasteiger partial charge in [0.15, 0.2) is 11.2 Å². The van der Waals surface area contributed by atoms with E-state index in [2.05, 4.69) is 60.7 Å². The lowest BCUT2D eigenvalue weighted by molar-refractivity contribution is 0.0508. The summed E-state index contributed by atoms with van der Waals surface area (Å²) in [5.41, 5.74) is 8.10. The summed E-state index contributed by atoms with van der Waals surface area (Å²) in [6.07, 6.45) is -1.41. The van der Waals surface area contributed by atoms with E-state index in [4.69, 9.17) is 102 Å². The Morgan fingerprint density at radius 3 is 1.70 bits per heavy atom. The van der Waals surface area contributed by atoms with Crippen molar-refractivity contribution in [2.24, 2.45) is 0 Å². The van der Waals surface area contributed by atoms with E-state index in [1.165, 1.54) is 42.2 Å². The number of nitrogens with zero attached hydrogens (tertiary/aromatic N) is 1. The Hall–Kier alpha value is -2.32. The minimum atomic E-state index is -2.56. The zero-order valence-electron chi connectivity index (χ0n) is 29.2. The van der Waals surface area contributed by atoms with E-state index < -0.39 is 41.0 Å². The number of fused-ring (bicyclic) bond motifs is 2. The summed E-state index contributed by atoms with van der Waals surface area (Å²) in [5, 5.41) is 8.79. The van der Waals surface area contributed by atoms with E-state index in [1.54, 1.807) is 54.6 Å². The van der Waals surface area contributed by atoms with Crippen LogP contribution in [0.5, 0.6) is 5.75 Å². The van der Waals surface area contributed by atoms with Gasteiger partial charge in [-0.3, -0.25) is 9.97 Å². The molecule has 3 aromatic carbocycles. The number of benzene rings is 3. The van der Waals surface area contributed by atoms with Gasteiger partial charge < -0.3 is 42.8 Å². The van der Waals surface area contributed by atoms with Gasteiger partial charge >= 0.3 is 29.6 Å². The van der Waals surface area contributed by atoms with Crippen LogP contribution in [0, 0.1) is 0 Å². The largest absolute Gasteiger partial charge is 0.749 e. The lowest BCUT2D eigenvalue weighted by atomic mass is 10.3. The number of nitrogens with one attached hydrogen (secondary N) is 2. The van der Waals surface area contributed by atoms with E-state index in [0.29, 0.717) is 27.3 Å². The lowest BCUT2D eigenvalue weighted by Crippen LogP contribution is -2.22. The number of aromatic hydroxyl groups is 1. The molecule has 27 heteroatoms. The predicted molar refractivity (Wildman–Crippen MR) is 230 cm³/mol. The molecular weight excluding hydrogens is 1060 g/mol. The second kappa shape index (κ2) is 29.0. The first-order valence-electron chi connectivity index (χ1n) is 15.0. The maximum Gasteiger partial charge on any atom is 0.515 e. The second-order valence-electron chi connectivity index (χ2n) is 9.38. The van der Waals surface area contributed by atoms with E-state index >= 15 is 0 Å². The van der Waals surface area contributed by atoms with Crippen molar-refractivity contribution in [3.8, 4) is 5.75 Å². The minimum Gasteiger partial charge on any atom is -0.749 e.